The zero-order valence-corrected chi connectivity index (χ0v) is 10.4. The van der Waals surface area contributed by atoms with Crippen LogP contribution in [-0.4, -0.2) is 18.0 Å². The van der Waals surface area contributed by atoms with Crippen LogP contribution in [0.3, 0.4) is 0 Å². The molecule has 0 unspecified atom stereocenters. The maximum atomic E-state index is 11.1. The molecule has 0 atom stereocenters. The number of nitrogens with two attached hydrogens (primary N) is 2. The number of primary amides is 1. The zero-order valence-electron chi connectivity index (χ0n) is 10.4. The molecule has 0 spiro atoms. The van der Waals surface area contributed by atoms with Gasteiger partial charge < -0.3 is 21.5 Å². The number of pyridine rings is 1. The molecule has 1 aromatic heterocycles. The van der Waals surface area contributed by atoms with Crippen molar-refractivity contribution in [1.82, 2.24) is 4.98 Å². The van der Waals surface area contributed by atoms with E-state index in [0.29, 0.717) is 22.8 Å². The molecule has 1 aromatic carbocycles. The Kier molecular flexibility index (Phi) is 3.51. The Hall–Kier alpha value is -2.76. The number of nitrogens with zero attached hydrogens (tertiary/aromatic N) is 1. The normalized spacial score (nSPS) is 9.95. The minimum Gasteiger partial charge on any atom is -0.481 e. The van der Waals surface area contributed by atoms with E-state index in [-0.39, 0.29) is 0 Å². The molecule has 0 aliphatic rings. The lowest BCUT2D eigenvalue weighted by Gasteiger charge is -2.10. The molecule has 1 heterocycles. The molecule has 0 aliphatic heterocycles. The third-order valence-electron chi connectivity index (χ3n) is 2.56. The van der Waals surface area contributed by atoms with Gasteiger partial charge in [0.15, 0.2) is 0 Å². The number of benzene rings is 1. The molecule has 0 saturated carbocycles. The topological polar surface area (TPSA) is 103 Å². The number of methoxy groups -OCH3 is 1. The minimum absolute atomic E-state index is 0.387. The first-order chi connectivity index (χ1) is 9.10. The van der Waals surface area contributed by atoms with E-state index in [1.807, 2.05) is 0 Å². The number of rotatable bonds is 4. The summed E-state index contributed by atoms with van der Waals surface area (Å²) >= 11 is 0. The number of hydrogen-bond donors (Lipinski definition) is 3. The van der Waals surface area contributed by atoms with Crippen molar-refractivity contribution in [3.63, 3.8) is 0 Å². The van der Waals surface area contributed by atoms with Crippen LogP contribution in [0.25, 0.3) is 0 Å². The van der Waals surface area contributed by atoms with E-state index in [1.54, 1.807) is 43.6 Å². The number of aromatic nitrogens is 1. The highest BCUT2D eigenvalue weighted by atomic mass is 16.5. The fraction of sp³-hybridized carbons (Fsp3) is 0.0769. The third kappa shape index (κ3) is 2.92. The van der Waals surface area contributed by atoms with Crippen LogP contribution in [0.4, 0.5) is 17.1 Å². The number of anilines is 3. The molecular formula is C13H14N4O2. The van der Waals surface area contributed by atoms with Crippen LogP contribution in [0, 0.1) is 0 Å². The monoisotopic (exact) mass is 258 g/mol. The Morgan fingerprint density at radius 2 is 2.11 bits per heavy atom. The van der Waals surface area contributed by atoms with Crippen LogP contribution in [-0.2, 0) is 0 Å². The lowest BCUT2D eigenvalue weighted by atomic mass is 10.1. The molecule has 6 heteroatoms. The Morgan fingerprint density at radius 1 is 1.32 bits per heavy atom. The van der Waals surface area contributed by atoms with Crippen molar-refractivity contribution >= 4 is 23.0 Å². The van der Waals surface area contributed by atoms with Crippen molar-refractivity contribution in [2.45, 2.75) is 0 Å². The van der Waals surface area contributed by atoms with Gasteiger partial charge >= 0.3 is 0 Å². The molecule has 5 N–H and O–H groups in total. The van der Waals surface area contributed by atoms with E-state index >= 15 is 0 Å². The second-order valence-corrected chi connectivity index (χ2v) is 3.88. The number of carbonyl (C=O) groups excluding carboxylic acids is 1. The SMILES string of the molecule is COc1ccc(Nc2cc(C(N)=O)ccc2N)cn1. The molecule has 0 bridgehead atoms. The van der Waals surface area contributed by atoms with Crippen molar-refractivity contribution in [3.05, 3.63) is 42.1 Å². The smallest absolute Gasteiger partial charge is 0.248 e. The summed E-state index contributed by atoms with van der Waals surface area (Å²) in [5.74, 6) is 0.0142. The van der Waals surface area contributed by atoms with Crippen LogP contribution in [0.15, 0.2) is 36.5 Å². The maximum absolute atomic E-state index is 11.1. The molecule has 6 nitrogen and oxygen atoms in total. The fourth-order valence-electron chi connectivity index (χ4n) is 1.55. The van der Waals surface area contributed by atoms with Gasteiger partial charge in [-0.25, -0.2) is 4.98 Å². The van der Waals surface area contributed by atoms with E-state index < -0.39 is 5.91 Å². The second kappa shape index (κ2) is 5.26. The summed E-state index contributed by atoms with van der Waals surface area (Å²) < 4.78 is 4.97. The molecule has 2 rings (SSSR count). The van der Waals surface area contributed by atoms with Crippen LogP contribution in [0.5, 0.6) is 5.88 Å². The highest BCUT2D eigenvalue weighted by Gasteiger charge is 2.06. The van der Waals surface area contributed by atoms with Gasteiger partial charge in [0.25, 0.3) is 0 Å². The van der Waals surface area contributed by atoms with Crippen molar-refractivity contribution in [2.75, 3.05) is 18.2 Å². The molecule has 0 aliphatic carbocycles. The Bertz CT molecular complexity index is 596. The summed E-state index contributed by atoms with van der Waals surface area (Å²) in [4.78, 5) is 15.2. The van der Waals surface area contributed by atoms with Gasteiger partial charge in [0.05, 0.1) is 30.4 Å². The lowest BCUT2D eigenvalue weighted by molar-refractivity contribution is 0.100. The number of nitrogens with one attached hydrogen (secondary N) is 1. The highest BCUT2D eigenvalue weighted by Crippen LogP contribution is 2.24. The van der Waals surface area contributed by atoms with E-state index in [2.05, 4.69) is 10.3 Å². The zero-order chi connectivity index (χ0) is 13.8. The average Bonchev–Trinajstić information content (AvgIpc) is 2.42. The quantitative estimate of drug-likeness (QED) is 0.721. The van der Waals surface area contributed by atoms with Crippen molar-refractivity contribution < 1.29 is 9.53 Å². The largest absolute Gasteiger partial charge is 0.481 e. The molecule has 98 valence electrons. The Labute approximate surface area is 110 Å². The third-order valence-corrected chi connectivity index (χ3v) is 2.56. The van der Waals surface area contributed by atoms with Gasteiger partial charge in [0, 0.05) is 11.6 Å². The van der Waals surface area contributed by atoms with Crippen molar-refractivity contribution in [3.8, 4) is 5.88 Å². The van der Waals surface area contributed by atoms with E-state index in [1.165, 1.54) is 0 Å². The molecule has 1 amide bonds. The van der Waals surface area contributed by atoms with Gasteiger partial charge in [-0.1, -0.05) is 0 Å². The number of carbonyl (C=O) groups is 1. The summed E-state index contributed by atoms with van der Waals surface area (Å²) in [6.07, 6.45) is 1.61. The lowest BCUT2D eigenvalue weighted by Crippen LogP contribution is -2.11. The molecule has 0 radical (unpaired) electrons. The predicted octanol–water partition coefficient (Wildman–Crippen LogP) is 1.51. The van der Waals surface area contributed by atoms with Gasteiger partial charge in [0.2, 0.25) is 11.8 Å². The Balaban J connectivity index is 2.26. The van der Waals surface area contributed by atoms with Crippen LogP contribution in [0.1, 0.15) is 10.4 Å². The number of hydrogen-bond acceptors (Lipinski definition) is 5. The van der Waals surface area contributed by atoms with Crippen LogP contribution >= 0.6 is 0 Å². The first-order valence-electron chi connectivity index (χ1n) is 5.56. The van der Waals surface area contributed by atoms with Gasteiger partial charge in [0.1, 0.15) is 0 Å². The molecular weight excluding hydrogens is 244 g/mol. The molecule has 2 aromatic rings. The van der Waals surface area contributed by atoms with Gasteiger partial charge in [-0.15, -0.1) is 0 Å². The maximum Gasteiger partial charge on any atom is 0.248 e. The van der Waals surface area contributed by atoms with Crippen LogP contribution < -0.4 is 21.5 Å². The van der Waals surface area contributed by atoms with Crippen molar-refractivity contribution in [2.24, 2.45) is 5.73 Å². The number of amides is 1. The standard InChI is InChI=1S/C13H14N4O2/c1-19-12-5-3-9(7-16-12)17-11-6-8(13(15)18)2-4-10(11)14/h2-7,17H,14H2,1H3,(H2,15,18). The fourth-order valence-corrected chi connectivity index (χ4v) is 1.55. The predicted molar refractivity (Wildman–Crippen MR) is 73.4 cm³/mol. The summed E-state index contributed by atoms with van der Waals surface area (Å²) in [7, 11) is 1.55. The first-order valence-corrected chi connectivity index (χ1v) is 5.56. The number of nitrogen functional groups attached to an aromatic ring is 1. The Morgan fingerprint density at radius 3 is 2.68 bits per heavy atom. The minimum atomic E-state index is -0.504. The molecule has 0 saturated heterocycles. The average molecular weight is 258 g/mol. The second-order valence-electron chi connectivity index (χ2n) is 3.88. The van der Waals surface area contributed by atoms with Gasteiger partial charge in [-0.3, -0.25) is 4.79 Å². The van der Waals surface area contributed by atoms with Gasteiger partial charge in [-0.05, 0) is 24.3 Å². The summed E-state index contributed by atoms with van der Waals surface area (Å²) in [5, 5.41) is 3.07. The van der Waals surface area contributed by atoms with E-state index in [4.69, 9.17) is 16.2 Å². The summed E-state index contributed by atoms with van der Waals surface area (Å²) in [6.45, 7) is 0. The van der Waals surface area contributed by atoms with E-state index in [0.717, 1.165) is 5.69 Å². The van der Waals surface area contributed by atoms with E-state index in [9.17, 15) is 4.79 Å². The first kappa shape index (κ1) is 12.7. The summed E-state index contributed by atoms with van der Waals surface area (Å²) in [6, 6.07) is 8.31. The highest BCUT2D eigenvalue weighted by molar-refractivity contribution is 5.95. The summed E-state index contributed by atoms with van der Waals surface area (Å²) in [5.41, 5.74) is 13.3. The molecule has 19 heavy (non-hydrogen) atoms. The van der Waals surface area contributed by atoms with Gasteiger partial charge in [-0.2, -0.15) is 0 Å². The number of ether oxygens (including phenoxy) is 1. The molecule has 0 fully saturated rings. The van der Waals surface area contributed by atoms with Crippen molar-refractivity contribution in [1.29, 1.82) is 0 Å². The van der Waals surface area contributed by atoms with Crippen LogP contribution in [0.2, 0.25) is 0 Å².